The van der Waals surface area contributed by atoms with Crippen molar-refractivity contribution in [1.82, 2.24) is 15.4 Å². The molecule has 0 aliphatic carbocycles. The van der Waals surface area contributed by atoms with Crippen molar-refractivity contribution in [2.24, 2.45) is 0 Å². The number of unbranched alkanes of at least 4 members (excludes halogenated alkanes) is 18. The van der Waals surface area contributed by atoms with E-state index in [9.17, 15) is 24.0 Å². The molecule has 4 aromatic carbocycles. The van der Waals surface area contributed by atoms with Crippen LogP contribution in [-0.4, -0.2) is 64.5 Å². The zero-order valence-electron chi connectivity index (χ0n) is 46.1. The van der Waals surface area contributed by atoms with Crippen molar-refractivity contribution in [3.63, 3.8) is 0 Å². The van der Waals surface area contributed by atoms with Gasteiger partial charge in [-0.05, 0) is 92.9 Å². The largest absolute Gasteiger partial charge is 0.463 e. The van der Waals surface area contributed by atoms with Gasteiger partial charge in [-0.1, -0.05) is 177 Å². The molecule has 0 radical (unpaired) electrons. The van der Waals surface area contributed by atoms with Crippen LogP contribution in [0.1, 0.15) is 194 Å². The number of nitrogens with one attached hydrogen (secondary N) is 3. The number of hydrogen-bond acceptors (Lipinski definition) is 14. The van der Waals surface area contributed by atoms with Gasteiger partial charge >= 0.3 is 23.9 Å². The molecule has 2 unspecified atom stereocenters. The second kappa shape index (κ2) is 35.9. The number of H-pyrrole nitrogens is 1. The monoisotopic (exact) mass is 1130 g/mol. The third-order valence-corrected chi connectivity index (χ3v) is 13.6. The molecule has 2 amide bonds. The molecular weight excluding hydrogens is 1050 g/mol. The van der Waals surface area contributed by atoms with E-state index in [2.05, 4.69) is 39.9 Å². The summed E-state index contributed by atoms with van der Waals surface area (Å²) in [6, 6.07) is 19.7. The van der Waals surface area contributed by atoms with Crippen LogP contribution >= 0.6 is 23.2 Å². The molecule has 0 saturated carbocycles. The zero-order chi connectivity index (χ0) is 56.6. The van der Waals surface area contributed by atoms with E-state index in [0.717, 1.165) is 38.5 Å². The van der Waals surface area contributed by atoms with E-state index in [1.54, 1.807) is 43.3 Å². The van der Waals surface area contributed by atoms with E-state index in [4.69, 9.17) is 57.0 Å². The molecule has 0 saturated heterocycles. The molecule has 5 aromatic rings. The molecular formula is C60H77Cl2N5O12. The fraction of sp³-hybridized carbons (Fsp3) is 0.483. The van der Waals surface area contributed by atoms with Crippen molar-refractivity contribution in [2.45, 2.75) is 175 Å². The lowest BCUT2D eigenvalue weighted by molar-refractivity contribution is -0.373. The molecule has 1 heterocycles. The van der Waals surface area contributed by atoms with Crippen LogP contribution in [0.5, 0.6) is 5.75 Å². The minimum Gasteiger partial charge on any atom is -0.463 e. The molecule has 0 spiro atoms. The first-order valence-corrected chi connectivity index (χ1v) is 28.6. The van der Waals surface area contributed by atoms with Gasteiger partial charge in [-0.3, -0.25) is 19.4 Å². The van der Waals surface area contributed by atoms with Crippen LogP contribution in [0.3, 0.4) is 0 Å². The second-order valence-corrected chi connectivity index (χ2v) is 20.1. The molecule has 79 heavy (non-hydrogen) atoms. The average Bonchev–Trinajstić information content (AvgIpc) is 4.06. The third-order valence-electron chi connectivity index (χ3n) is 12.9. The Hall–Kier alpha value is -6.53. The molecule has 428 valence electrons. The number of para-hydroxylation sites is 1. The Bertz CT molecular complexity index is 2720. The number of nitrogens with zero attached hydrogens (tertiary/aromatic N) is 2. The summed E-state index contributed by atoms with van der Waals surface area (Å²) < 4.78 is 16.5. The highest BCUT2D eigenvalue weighted by Crippen LogP contribution is 2.33. The first kappa shape index (κ1) is 63.3. The summed E-state index contributed by atoms with van der Waals surface area (Å²) in [4.78, 5) is 90.8. The Labute approximate surface area is 473 Å². The molecule has 3 N–H and O–H groups in total. The number of allylic oxidation sites excluding steroid dienone is 1. The highest BCUT2D eigenvalue weighted by molar-refractivity contribution is 6.35. The number of amides is 2. The van der Waals surface area contributed by atoms with Crippen molar-refractivity contribution >= 4 is 75.3 Å². The van der Waals surface area contributed by atoms with Gasteiger partial charge in [0.2, 0.25) is 11.8 Å². The van der Waals surface area contributed by atoms with E-state index < -0.39 is 41.7 Å². The Balaban J connectivity index is 1.25. The highest BCUT2D eigenvalue weighted by Gasteiger charge is 2.34. The van der Waals surface area contributed by atoms with Gasteiger partial charge in [-0.25, -0.2) is 14.4 Å². The lowest BCUT2D eigenvalue weighted by atomic mass is 9.93. The summed E-state index contributed by atoms with van der Waals surface area (Å²) in [5.74, 6) is -5.87. The lowest BCUT2D eigenvalue weighted by Crippen LogP contribution is -2.33. The molecule has 17 nitrogen and oxygen atoms in total. The third kappa shape index (κ3) is 22.3. The number of hydrogen-bond donors (Lipinski definition) is 3. The number of ether oxygens (including phenoxy) is 3. The van der Waals surface area contributed by atoms with Crippen molar-refractivity contribution in [2.75, 3.05) is 23.8 Å². The number of aromatic amines is 1. The van der Waals surface area contributed by atoms with E-state index >= 15 is 0 Å². The first-order chi connectivity index (χ1) is 38.4. The maximum atomic E-state index is 14.7. The smallest absolute Gasteiger partial charge is 0.348 e. The van der Waals surface area contributed by atoms with E-state index in [-0.39, 0.29) is 74.1 Å². The van der Waals surface area contributed by atoms with Gasteiger partial charge in [0.25, 0.3) is 0 Å². The fourth-order valence-electron chi connectivity index (χ4n) is 8.46. The average molecular weight is 1130 g/mol. The number of esters is 3. The number of halogens is 2. The molecule has 0 bridgehead atoms. The summed E-state index contributed by atoms with van der Waals surface area (Å²) >= 11 is 13.3. The number of rotatable bonds is 38. The van der Waals surface area contributed by atoms with Gasteiger partial charge in [0.15, 0.2) is 6.10 Å². The van der Waals surface area contributed by atoms with Gasteiger partial charge in [0.05, 0.1) is 45.8 Å². The van der Waals surface area contributed by atoms with Crippen molar-refractivity contribution in [3.8, 4) is 5.75 Å². The van der Waals surface area contributed by atoms with Gasteiger partial charge in [0, 0.05) is 5.56 Å². The Morgan fingerprint density at radius 3 is 1.77 bits per heavy atom. The van der Waals surface area contributed by atoms with Gasteiger partial charge in [0.1, 0.15) is 29.3 Å². The molecule has 2 atom stereocenters. The topological polar surface area (TPSA) is 216 Å². The predicted octanol–water partition coefficient (Wildman–Crippen LogP) is 15.0. The van der Waals surface area contributed by atoms with E-state index in [0.29, 0.717) is 18.6 Å². The van der Waals surface area contributed by atoms with E-state index in [1.807, 2.05) is 0 Å². The maximum absolute atomic E-state index is 14.7. The van der Waals surface area contributed by atoms with Crippen LogP contribution in [0.25, 0.3) is 11.0 Å². The Morgan fingerprint density at radius 1 is 0.608 bits per heavy atom. The van der Waals surface area contributed by atoms with Crippen LogP contribution in [0.15, 0.2) is 90.9 Å². The van der Waals surface area contributed by atoms with Crippen LogP contribution in [0.4, 0.5) is 11.4 Å². The summed E-state index contributed by atoms with van der Waals surface area (Å²) in [6.07, 6.45) is 23.5. The van der Waals surface area contributed by atoms with Crippen LogP contribution in [0.2, 0.25) is 10.0 Å². The Kier molecular flexibility index (Phi) is 28.7. The molecule has 1 aromatic heterocycles. The summed E-state index contributed by atoms with van der Waals surface area (Å²) in [7, 11) is 0. The molecule has 0 aliphatic rings. The summed E-state index contributed by atoms with van der Waals surface area (Å²) in [6.45, 7) is 7.98. The SMILES string of the molecule is C/C=C(\OOCCCCCCCCCCCC)OOCc1ccc(Cl)c(NC(=O)C(C(=O)Nc2cc(C(=O)OC(C)C(=O)OCCCCCCCCCCCC)ccc2Cl)c2cc(C(=O)Oc3ccccc3)cc3n[nH]nc23)c1. The number of aromatic nitrogens is 3. The van der Waals surface area contributed by atoms with Crippen molar-refractivity contribution in [1.29, 1.82) is 0 Å². The summed E-state index contributed by atoms with van der Waals surface area (Å²) in [5.41, 5.74) is 0.516. The zero-order valence-corrected chi connectivity index (χ0v) is 47.6. The maximum Gasteiger partial charge on any atom is 0.348 e. The summed E-state index contributed by atoms with van der Waals surface area (Å²) in [5, 5.41) is 16.4. The molecule has 5 rings (SSSR count). The van der Waals surface area contributed by atoms with Gasteiger partial charge < -0.3 is 24.8 Å². The minimum atomic E-state index is -1.80. The number of anilines is 2. The lowest BCUT2D eigenvalue weighted by Gasteiger charge is -2.20. The molecule has 0 fully saturated rings. The predicted molar refractivity (Wildman–Crippen MR) is 304 cm³/mol. The quantitative estimate of drug-likeness (QED) is 0.00638. The Morgan fingerprint density at radius 2 is 1.16 bits per heavy atom. The second-order valence-electron chi connectivity index (χ2n) is 19.3. The van der Waals surface area contributed by atoms with Gasteiger partial charge in [-0.2, -0.15) is 25.2 Å². The first-order valence-electron chi connectivity index (χ1n) is 27.9. The highest BCUT2D eigenvalue weighted by atomic mass is 35.5. The minimum absolute atomic E-state index is 0.00938. The van der Waals surface area contributed by atoms with Crippen LogP contribution in [0, 0.1) is 0 Å². The number of benzene rings is 4. The van der Waals surface area contributed by atoms with Crippen molar-refractivity contribution < 1.29 is 57.7 Å². The van der Waals surface area contributed by atoms with Crippen molar-refractivity contribution in [3.05, 3.63) is 123 Å². The number of carbonyl (C=O) groups excluding carboxylic acids is 5. The standard InChI is InChI=1S/C60H77Cl2N5O12/c1-5-8-10-12-14-16-18-20-22-27-35-73-58(70)42(4)76-59(71)44-32-34-49(62)51(39-44)64-57(69)54(47-38-45(40-52-55(47)66-67-65-52)60(72)77-46-29-25-24-26-30-46)56(68)63-50-37-43(31-33-48(50)61)41-75-79-53(7-3)78-74-36-28-23-21-19-17-15-13-11-9-6-2/h7,24-26,29-34,37-40,42,54H,5-6,8-23,27-28,35-36,41H2,1-4H3,(H,63,68)(H,64,69)(H,65,66,67)/b53-7+. The fourth-order valence-corrected chi connectivity index (χ4v) is 8.79. The normalized spacial score (nSPS) is 12.2. The number of fused-ring (bicyclic) bond motifs is 1. The molecule has 19 heteroatoms. The van der Waals surface area contributed by atoms with Gasteiger partial charge in [-0.15, -0.1) is 0 Å². The molecule has 0 aliphatic heterocycles. The number of carbonyl (C=O) groups is 5. The van der Waals surface area contributed by atoms with E-state index in [1.165, 1.54) is 139 Å². The van der Waals surface area contributed by atoms with Crippen LogP contribution in [-0.2, 0) is 50.0 Å². The van der Waals surface area contributed by atoms with Crippen LogP contribution < -0.4 is 15.4 Å².